The van der Waals surface area contributed by atoms with Crippen molar-refractivity contribution in [2.45, 2.75) is 6.10 Å². The molecule has 0 spiro atoms. The minimum Gasteiger partial charge on any atom is -0.507 e. The van der Waals surface area contributed by atoms with Gasteiger partial charge in [0.1, 0.15) is 5.76 Å². The van der Waals surface area contributed by atoms with Gasteiger partial charge >= 0.3 is 12.0 Å². The lowest BCUT2D eigenvalue weighted by Gasteiger charge is -2.18. The van der Waals surface area contributed by atoms with E-state index in [-0.39, 0.29) is 11.6 Å². The lowest BCUT2D eigenvalue weighted by molar-refractivity contribution is -0.154. The molecule has 0 bridgehead atoms. The molecule has 0 radical (unpaired) electrons. The summed E-state index contributed by atoms with van der Waals surface area (Å²) in [5, 5.41) is 11.6. The minimum absolute atomic E-state index is 0.173. The van der Waals surface area contributed by atoms with Crippen molar-refractivity contribution in [2.24, 2.45) is 0 Å². The van der Waals surface area contributed by atoms with Crippen LogP contribution in [-0.2, 0) is 14.3 Å². The van der Waals surface area contributed by atoms with Crippen molar-refractivity contribution >= 4 is 46.0 Å². The van der Waals surface area contributed by atoms with Crippen LogP contribution in [0.2, 0.25) is 5.02 Å². The van der Waals surface area contributed by atoms with E-state index in [4.69, 9.17) is 16.3 Å². The number of carbonyl (C=O) groups is 3. The normalized spacial score (nSPS) is 11.5. The molecule has 36 heavy (non-hydrogen) atoms. The zero-order valence-corrected chi connectivity index (χ0v) is 20.3. The Hall–Kier alpha value is -4.36. The van der Waals surface area contributed by atoms with Crippen molar-refractivity contribution in [3.05, 3.63) is 113 Å². The first-order chi connectivity index (χ1) is 17.3. The lowest BCUT2D eigenvalue weighted by Crippen LogP contribution is -2.26. The summed E-state index contributed by atoms with van der Waals surface area (Å²) in [5.41, 5.74) is 2.04. The molecule has 7 nitrogen and oxygen atoms in total. The van der Waals surface area contributed by atoms with Crippen LogP contribution >= 0.6 is 11.6 Å². The SMILES string of the molecule is CN(C)C(=O)n1cc(C(O)=CC(=O)C(=O)OC(c2ccccc2)c2ccccc2)c2cc(Cl)ccc21. The maximum Gasteiger partial charge on any atom is 0.380 e. The van der Waals surface area contributed by atoms with Crippen LogP contribution < -0.4 is 0 Å². The van der Waals surface area contributed by atoms with Gasteiger partial charge in [-0.25, -0.2) is 9.59 Å². The third-order valence-corrected chi connectivity index (χ3v) is 5.76. The number of aliphatic hydroxyl groups is 1. The number of halogens is 1. The van der Waals surface area contributed by atoms with Crippen molar-refractivity contribution in [1.29, 1.82) is 0 Å². The van der Waals surface area contributed by atoms with E-state index in [0.29, 0.717) is 27.1 Å². The third-order valence-electron chi connectivity index (χ3n) is 5.53. The number of fused-ring (bicyclic) bond motifs is 1. The predicted octanol–water partition coefficient (Wildman–Crippen LogP) is 5.63. The Labute approximate surface area is 212 Å². The van der Waals surface area contributed by atoms with Crippen LogP contribution in [0.3, 0.4) is 0 Å². The van der Waals surface area contributed by atoms with Gasteiger partial charge in [0.05, 0.1) is 5.52 Å². The first kappa shape index (κ1) is 24.8. The van der Waals surface area contributed by atoms with Gasteiger partial charge in [-0.3, -0.25) is 9.36 Å². The maximum atomic E-state index is 12.8. The molecule has 1 heterocycles. The molecule has 0 unspecified atom stereocenters. The highest BCUT2D eigenvalue weighted by Crippen LogP contribution is 2.30. The number of esters is 1. The quantitative estimate of drug-likeness (QED) is 0.160. The Morgan fingerprint density at radius 2 is 1.53 bits per heavy atom. The molecule has 0 aliphatic carbocycles. The van der Waals surface area contributed by atoms with E-state index >= 15 is 0 Å². The molecule has 0 saturated carbocycles. The van der Waals surface area contributed by atoms with Gasteiger partial charge in [0, 0.05) is 42.3 Å². The van der Waals surface area contributed by atoms with Gasteiger partial charge in [0.15, 0.2) is 6.10 Å². The zero-order valence-electron chi connectivity index (χ0n) is 19.6. The standard InChI is InChI=1S/C28H23ClN2O5/c1-30(2)28(35)31-17-22(21-15-20(29)13-14-23(21)31)24(32)16-25(33)27(34)36-26(18-9-5-3-6-10-18)19-11-7-4-8-12-19/h3-17,26,32H,1-2H3. The van der Waals surface area contributed by atoms with Gasteiger partial charge < -0.3 is 14.7 Å². The molecular weight excluding hydrogens is 480 g/mol. The highest BCUT2D eigenvalue weighted by molar-refractivity contribution is 6.39. The highest BCUT2D eigenvalue weighted by atomic mass is 35.5. The van der Waals surface area contributed by atoms with Crippen molar-refractivity contribution in [3.8, 4) is 0 Å². The highest BCUT2D eigenvalue weighted by Gasteiger charge is 2.24. The second-order valence-corrected chi connectivity index (χ2v) is 8.69. The molecule has 4 rings (SSSR count). The predicted molar refractivity (Wildman–Crippen MR) is 138 cm³/mol. The smallest absolute Gasteiger partial charge is 0.380 e. The molecule has 3 aromatic carbocycles. The molecule has 4 aromatic rings. The van der Waals surface area contributed by atoms with E-state index in [1.165, 1.54) is 15.7 Å². The summed E-state index contributed by atoms with van der Waals surface area (Å²) >= 11 is 6.13. The molecular formula is C28H23ClN2O5. The number of aromatic nitrogens is 1. The van der Waals surface area contributed by atoms with E-state index in [9.17, 15) is 19.5 Å². The summed E-state index contributed by atoms with van der Waals surface area (Å²) in [6, 6.07) is 22.5. The topological polar surface area (TPSA) is 88.8 Å². The molecule has 1 aromatic heterocycles. The molecule has 182 valence electrons. The molecule has 0 fully saturated rings. The summed E-state index contributed by atoms with van der Waals surface area (Å²) in [6.07, 6.45) is 1.37. The molecule has 8 heteroatoms. The largest absolute Gasteiger partial charge is 0.507 e. The molecule has 1 N–H and O–H groups in total. The average Bonchev–Trinajstić information content (AvgIpc) is 3.26. The number of amides is 1. The van der Waals surface area contributed by atoms with Crippen molar-refractivity contribution in [1.82, 2.24) is 9.47 Å². The van der Waals surface area contributed by atoms with Crippen molar-refractivity contribution in [3.63, 3.8) is 0 Å². The number of aliphatic hydroxyl groups excluding tert-OH is 1. The number of carbonyl (C=O) groups excluding carboxylic acids is 3. The Kier molecular flexibility index (Phi) is 7.22. The van der Waals surface area contributed by atoms with E-state index in [2.05, 4.69) is 0 Å². The van der Waals surface area contributed by atoms with E-state index in [0.717, 1.165) is 6.08 Å². The van der Waals surface area contributed by atoms with Crippen LogP contribution in [0.15, 0.2) is 91.1 Å². The van der Waals surface area contributed by atoms with Gasteiger partial charge in [-0.15, -0.1) is 0 Å². The van der Waals surface area contributed by atoms with Crippen LogP contribution in [0.1, 0.15) is 22.8 Å². The van der Waals surface area contributed by atoms with Crippen LogP contribution in [0.4, 0.5) is 4.79 Å². The maximum absolute atomic E-state index is 12.8. The fourth-order valence-electron chi connectivity index (χ4n) is 3.79. The summed E-state index contributed by atoms with van der Waals surface area (Å²) in [5.74, 6) is -2.68. The second-order valence-electron chi connectivity index (χ2n) is 8.25. The molecule has 1 amide bonds. The molecule has 0 aliphatic rings. The van der Waals surface area contributed by atoms with Crippen LogP contribution in [0.25, 0.3) is 16.7 Å². The van der Waals surface area contributed by atoms with Gasteiger partial charge in [0.2, 0.25) is 0 Å². The summed E-state index contributed by atoms with van der Waals surface area (Å²) in [6.45, 7) is 0. The number of hydrogen-bond acceptors (Lipinski definition) is 5. The zero-order chi connectivity index (χ0) is 25.8. The van der Waals surface area contributed by atoms with Gasteiger partial charge in [-0.2, -0.15) is 0 Å². The van der Waals surface area contributed by atoms with Crippen LogP contribution in [0, 0.1) is 0 Å². The first-order valence-corrected chi connectivity index (χ1v) is 11.4. The van der Waals surface area contributed by atoms with Gasteiger partial charge in [-0.1, -0.05) is 72.3 Å². The summed E-state index contributed by atoms with van der Waals surface area (Å²) < 4.78 is 6.90. The molecule has 0 saturated heterocycles. The van der Waals surface area contributed by atoms with Gasteiger partial charge in [-0.05, 0) is 29.3 Å². The Morgan fingerprint density at radius 3 is 2.08 bits per heavy atom. The number of ketones is 1. The number of ether oxygens (including phenoxy) is 1. The monoisotopic (exact) mass is 502 g/mol. The summed E-state index contributed by atoms with van der Waals surface area (Å²) in [4.78, 5) is 39.5. The number of benzene rings is 3. The molecule has 0 atom stereocenters. The van der Waals surface area contributed by atoms with Gasteiger partial charge in [0.25, 0.3) is 5.78 Å². The van der Waals surface area contributed by atoms with E-state index in [1.54, 1.807) is 56.6 Å². The van der Waals surface area contributed by atoms with Crippen LogP contribution in [0.5, 0.6) is 0 Å². The fourth-order valence-corrected chi connectivity index (χ4v) is 3.96. The second kappa shape index (κ2) is 10.5. The minimum atomic E-state index is -1.13. The Morgan fingerprint density at radius 1 is 0.944 bits per heavy atom. The lowest BCUT2D eigenvalue weighted by atomic mass is 10.0. The Balaban J connectivity index is 1.65. The average molecular weight is 503 g/mol. The van der Waals surface area contributed by atoms with E-state index in [1.807, 2.05) is 36.4 Å². The van der Waals surface area contributed by atoms with E-state index < -0.39 is 23.6 Å². The van der Waals surface area contributed by atoms with Crippen LogP contribution in [-0.4, -0.2) is 46.5 Å². The van der Waals surface area contributed by atoms with Crippen molar-refractivity contribution < 1.29 is 24.2 Å². The summed E-state index contributed by atoms with van der Waals surface area (Å²) in [7, 11) is 3.18. The fraction of sp³-hybridized carbons (Fsp3) is 0.107. The number of hydrogen-bond donors (Lipinski definition) is 1. The molecule has 0 aliphatic heterocycles. The Bertz CT molecular complexity index is 1420. The first-order valence-electron chi connectivity index (χ1n) is 11.0. The third kappa shape index (κ3) is 5.16. The van der Waals surface area contributed by atoms with Crippen molar-refractivity contribution in [2.75, 3.05) is 14.1 Å². The number of rotatable bonds is 6. The number of nitrogens with zero attached hydrogens (tertiary/aromatic N) is 2.